The molecule has 22 heavy (non-hydrogen) atoms. The largest absolute Gasteiger partial charge is 0.492 e. The van der Waals surface area contributed by atoms with Crippen molar-refractivity contribution in [1.29, 1.82) is 0 Å². The quantitative estimate of drug-likeness (QED) is 0.797. The van der Waals surface area contributed by atoms with Crippen LogP contribution >= 0.6 is 15.9 Å². The van der Waals surface area contributed by atoms with Crippen LogP contribution in [-0.2, 0) is 0 Å². The summed E-state index contributed by atoms with van der Waals surface area (Å²) in [5, 5.41) is 0. The van der Waals surface area contributed by atoms with Gasteiger partial charge in [0.05, 0.1) is 6.54 Å². The van der Waals surface area contributed by atoms with E-state index in [0.29, 0.717) is 13.2 Å². The maximum atomic E-state index is 12.4. The second-order valence-electron chi connectivity index (χ2n) is 5.35. The number of ether oxygens (including phenoxy) is 1. The first-order valence-electron chi connectivity index (χ1n) is 7.18. The molecule has 2 rings (SSSR count). The van der Waals surface area contributed by atoms with E-state index in [0.717, 1.165) is 26.9 Å². The number of carbonyl (C=O) groups excluding carboxylic acids is 1. The number of aryl methyl sites for hydroxylation is 2. The molecular formula is C18H20BrNO2. The zero-order valence-electron chi connectivity index (χ0n) is 13.1. The Hall–Kier alpha value is -1.81. The number of amides is 1. The van der Waals surface area contributed by atoms with Crippen LogP contribution in [0.1, 0.15) is 21.5 Å². The van der Waals surface area contributed by atoms with Crippen molar-refractivity contribution in [2.24, 2.45) is 0 Å². The molecule has 0 saturated heterocycles. The summed E-state index contributed by atoms with van der Waals surface area (Å²) in [6.07, 6.45) is 0. The lowest BCUT2D eigenvalue weighted by atomic mass is 10.0. The van der Waals surface area contributed by atoms with Gasteiger partial charge in [-0.25, -0.2) is 0 Å². The first-order chi connectivity index (χ1) is 10.5. The first kappa shape index (κ1) is 16.6. The van der Waals surface area contributed by atoms with Crippen LogP contribution < -0.4 is 4.74 Å². The molecule has 0 unspecified atom stereocenters. The van der Waals surface area contributed by atoms with Crippen molar-refractivity contribution < 1.29 is 9.53 Å². The highest BCUT2D eigenvalue weighted by Gasteiger charge is 2.13. The summed E-state index contributed by atoms with van der Waals surface area (Å²) in [7, 11) is 1.80. The van der Waals surface area contributed by atoms with Crippen molar-refractivity contribution in [2.45, 2.75) is 13.8 Å². The number of carbonyl (C=O) groups is 1. The van der Waals surface area contributed by atoms with Gasteiger partial charge in [-0.3, -0.25) is 4.79 Å². The van der Waals surface area contributed by atoms with E-state index >= 15 is 0 Å². The van der Waals surface area contributed by atoms with Crippen LogP contribution in [-0.4, -0.2) is 31.0 Å². The van der Waals surface area contributed by atoms with Crippen LogP contribution in [0.3, 0.4) is 0 Å². The van der Waals surface area contributed by atoms with Crippen LogP contribution in [0.4, 0.5) is 0 Å². The highest BCUT2D eigenvalue weighted by atomic mass is 79.9. The van der Waals surface area contributed by atoms with Crippen LogP contribution in [0, 0.1) is 13.8 Å². The molecule has 0 aliphatic rings. The third kappa shape index (κ3) is 4.34. The van der Waals surface area contributed by atoms with Crippen molar-refractivity contribution in [1.82, 2.24) is 4.90 Å². The number of halogens is 1. The number of nitrogens with zero attached hydrogens (tertiary/aromatic N) is 1. The van der Waals surface area contributed by atoms with E-state index in [1.54, 1.807) is 11.9 Å². The third-order valence-corrected chi connectivity index (χ3v) is 4.00. The monoisotopic (exact) mass is 361 g/mol. The van der Waals surface area contributed by atoms with Crippen LogP contribution in [0.2, 0.25) is 0 Å². The summed E-state index contributed by atoms with van der Waals surface area (Å²) in [5.41, 5.74) is 2.91. The molecule has 3 nitrogen and oxygen atoms in total. The Labute approximate surface area is 140 Å². The summed E-state index contributed by atoms with van der Waals surface area (Å²) in [4.78, 5) is 14.1. The van der Waals surface area contributed by atoms with Gasteiger partial charge in [0.25, 0.3) is 5.91 Å². The van der Waals surface area contributed by atoms with Crippen molar-refractivity contribution in [3.05, 3.63) is 63.6 Å². The smallest absolute Gasteiger partial charge is 0.253 e. The van der Waals surface area contributed by atoms with Gasteiger partial charge < -0.3 is 9.64 Å². The number of likely N-dealkylation sites (N-methyl/N-ethyl adjacent to an activating group) is 1. The Balaban J connectivity index is 1.90. The fraction of sp³-hybridized carbons (Fsp3) is 0.278. The van der Waals surface area contributed by atoms with Gasteiger partial charge in [-0.05, 0) is 49.7 Å². The minimum Gasteiger partial charge on any atom is -0.492 e. The molecule has 2 aromatic rings. The maximum Gasteiger partial charge on any atom is 0.253 e. The number of hydrogen-bond donors (Lipinski definition) is 0. The fourth-order valence-electron chi connectivity index (χ4n) is 2.19. The topological polar surface area (TPSA) is 29.5 Å². The minimum atomic E-state index is 0.0249. The number of benzene rings is 2. The molecule has 0 aliphatic heterocycles. The van der Waals surface area contributed by atoms with Crippen molar-refractivity contribution in [3.63, 3.8) is 0 Å². The zero-order valence-corrected chi connectivity index (χ0v) is 14.7. The van der Waals surface area contributed by atoms with Gasteiger partial charge in [0.1, 0.15) is 12.4 Å². The summed E-state index contributed by atoms with van der Waals surface area (Å²) in [6.45, 7) is 5.00. The molecule has 2 aromatic carbocycles. The second-order valence-corrected chi connectivity index (χ2v) is 6.26. The van der Waals surface area contributed by atoms with E-state index in [1.807, 2.05) is 56.3 Å². The Kier molecular flexibility index (Phi) is 5.61. The zero-order chi connectivity index (χ0) is 16.1. The Morgan fingerprint density at radius 3 is 2.45 bits per heavy atom. The van der Waals surface area contributed by atoms with E-state index in [9.17, 15) is 4.79 Å². The molecule has 0 spiro atoms. The third-order valence-electron chi connectivity index (χ3n) is 3.47. The van der Waals surface area contributed by atoms with E-state index in [-0.39, 0.29) is 5.91 Å². The average Bonchev–Trinajstić information content (AvgIpc) is 2.48. The molecule has 0 saturated carbocycles. The Morgan fingerprint density at radius 1 is 1.14 bits per heavy atom. The SMILES string of the molecule is Cc1ccc(C(=O)N(C)CCOc2ccc(Br)cc2)c(C)c1. The lowest BCUT2D eigenvalue weighted by Crippen LogP contribution is -2.31. The lowest BCUT2D eigenvalue weighted by molar-refractivity contribution is 0.0773. The summed E-state index contributed by atoms with van der Waals surface area (Å²) in [5.74, 6) is 0.826. The summed E-state index contributed by atoms with van der Waals surface area (Å²) in [6, 6.07) is 13.5. The minimum absolute atomic E-state index is 0.0249. The van der Waals surface area contributed by atoms with Crippen molar-refractivity contribution in [2.75, 3.05) is 20.2 Å². The second kappa shape index (κ2) is 7.45. The maximum absolute atomic E-state index is 12.4. The van der Waals surface area contributed by atoms with Crippen LogP contribution in [0.15, 0.2) is 46.9 Å². The molecule has 0 bridgehead atoms. The van der Waals surface area contributed by atoms with Gasteiger partial charge in [-0.15, -0.1) is 0 Å². The molecule has 116 valence electrons. The van der Waals surface area contributed by atoms with Gasteiger partial charge in [0.15, 0.2) is 0 Å². The molecule has 0 aliphatic carbocycles. The fourth-order valence-corrected chi connectivity index (χ4v) is 2.46. The molecule has 0 radical (unpaired) electrons. The van der Waals surface area contributed by atoms with E-state index in [1.165, 1.54) is 0 Å². The molecule has 1 amide bonds. The first-order valence-corrected chi connectivity index (χ1v) is 7.98. The Bertz CT molecular complexity index is 653. The molecule has 4 heteroatoms. The lowest BCUT2D eigenvalue weighted by Gasteiger charge is -2.19. The van der Waals surface area contributed by atoms with Crippen molar-refractivity contribution in [3.8, 4) is 5.75 Å². The van der Waals surface area contributed by atoms with Crippen LogP contribution in [0.25, 0.3) is 0 Å². The van der Waals surface area contributed by atoms with E-state index < -0.39 is 0 Å². The van der Waals surface area contributed by atoms with Gasteiger partial charge in [0, 0.05) is 17.1 Å². The molecule has 0 fully saturated rings. The standard InChI is InChI=1S/C18H20BrNO2/c1-13-4-9-17(14(2)12-13)18(21)20(3)10-11-22-16-7-5-15(19)6-8-16/h4-9,12H,10-11H2,1-3H3. The number of rotatable bonds is 5. The summed E-state index contributed by atoms with van der Waals surface area (Å²) < 4.78 is 6.67. The van der Waals surface area contributed by atoms with Gasteiger partial charge in [0.2, 0.25) is 0 Å². The predicted molar refractivity (Wildman–Crippen MR) is 92.5 cm³/mol. The highest BCUT2D eigenvalue weighted by Crippen LogP contribution is 2.16. The predicted octanol–water partition coefficient (Wildman–Crippen LogP) is 4.22. The average molecular weight is 362 g/mol. The number of hydrogen-bond acceptors (Lipinski definition) is 2. The Morgan fingerprint density at radius 2 is 1.82 bits per heavy atom. The normalized spacial score (nSPS) is 10.4. The van der Waals surface area contributed by atoms with E-state index in [4.69, 9.17) is 4.74 Å². The highest BCUT2D eigenvalue weighted by molar-refractivity contribution is 9.10. The van der Waals surface area contributed by atoms with Gasteiger partial charge in [-0.2, -0.15) is 0 Å². The van der Waals surface area contributed by atoms with Crippen LogP contribution in [0.5, 0.6) is 5.75 Å². The van der Waals surface area contributed by atoms with Crippen molar-refractivity contribution >= 4 is 21.8 Å². The summed E-state index contributed by atoms with van der Waals surface area (Å²) >= 11 is 3.39. The van der Waals surface area contributed by atoms with E-state index in [2.05, 4.69) is 15.9 Å². The molecule has 0 atom stereocenters. The molecule has 0 aromatic heterocycles. The molecular weight excluding hydrogens is 342 g/mol. The molecule has 0 N–H and O–H groups in total. The van der Waals surface area contributed by atoms with Gasteiger partial charge in [-0.1, -0.05) is 33.6 Å². The molecule has 0 heterocycles. The van der Waals surface area contributed by atoms with Gasteiger partial charge >= 0.3 is 0 Å².